The molecule has 1 spiro atoms. The van der Waals surface area contributed by atoms with Crippen LogP contribution in [-0.4, -0.2) is 57.0 Å². The second kappa shape index (κ2) is 8.20. The number of hydrogen-bond donors (Lipinski definition) is 1. The molecular weight excluding hydrogens is 400 g/mol. The van der Waals surface area contributed by atoms with Gasteiger partial charge in [0, 0.05) is 18.5 Å². The van der Waals surface area contributed by atoms with Crippen LogP contribution in [0.25, 0.3) is 0 Å². The van der Waals surface area contributed by atoms with Gasteiger partial charge in [0.25, 0.3) is 0 Å². The molecule has 28 heavy (non-hydrogen) atoms. The minimum atomic E-state index is -3.04. The van der Waals surface area contributed by atoms with Gasteiger partial charge in [-0.2, -0.15) is 0 Å². The van der Waals surface area contributed by atoms with E-state index in [2.05, 4.69) is 5.32 Å². The molecule has 0 aromatic heterocycles. The lowest BCUT2D eigenvalue weighted by atomic mass is 9.91. The van der Waals surface area contributed by atoms with Crippen molar-refractivity contribution in [2.24, 2.45) is 11.3 Å². The Balaban J connectivity index is 0.00000225. The molecule has 1 aromatic rings. The van der Waals surface area contributed by atoms with E-state index in [9.17, 15) is 13.2 Å². The second-order valence-electron chi connectivity index (χ2n) is 8.24. The summed E-state index contributed by atoms with van der Waals surface area (Å²) in [5.74, 6) is 1.26. The van der Waals surface area contributed by atoms with E-state index in [1.54, 1.807) is 7.11 Å². The summed E-state index contributed by atoms with van der Waals surface area (Å²) in [5.41, 5.74) is 1.16. The summed E-state index contributed by atoms with van der Waals surface area (Å²) in [6.07, 6.45) is 3.59. The van der Waals surface area contributed by atoms with Crippen LogP contribution in [0, 0.1) is 11.3 Å². The molecule has 2 aliphatic heterocycles. The standard InChI is InChI=1S/C20H28N2O4S.ClH/c1-26-17-4-2-15(3-5-17)13-22(16-6-11-27(24,25)14-16)19(23)18-12-20(18)7-9-21-10-8-20;/h2-5,16,18,21H,6-14H2,1H3;1H. The van der Waals surface area contributed by atoms with Crippen molar-refractivity contribution in [3.63, 3.8) is 0 Å². The highest BCUT2D eigenvalue weighted by Gasteiger charge is 2.59. The maximum atomic E-state index is 13.4. The zero-order valence-corrected chi connectivity index (χ0v) is 17.9. The van der Waals surface area contributed by atoms with Gasteiger partial charge in [0.2, 0.25) is 5.91 Å². The van der Waals surface area contributed by atoms with Gasteiger partial charge < -0.3 is 15.0 Å². The Kier molecular flexibility index (Phi) is 6.27. The minimum absolute atomic E-state index is 0. The molecule has 2 heterocycles. The molecule has 6 nitrogen and oxygen atoms in total. The maximum absolute atomic E-state index is 13.4. The fourth-order valence-electron chi connectivity index (χ4n) is 4.71. The maximum Gasteiger partial charge on any atom is 0.226 e. The fourth-order valence-corrected chi connectivity index (χ4v) is 6.44. The first-order valence-electron chi connectivity index (χ1n) is 9.77. The van der Waals surface area contributed by atoms with Crippen molar-refractivity contribution < 1.29 is 17.9 Å². The van der Waals surface area contributed by atoms with Gasteiger partial charge in [0.05, 0.1) is 18.6 Å². The highest BCUT2D eigenvalue weighted by atomic mass is 35.5. The zero-order valence-electron chi connectivity index (χ0n) is 16.2. The van der Waals surface area contributed by atoms with Crippen LogP contribution in [0.4, 0.5) is 0 Å². The number of carbonyl (C=O) groups excluding carboxylic acids is 1. The number of ether oxygens (including phenoxy) is 1. The third-order valence-corrected chi connectivity index (χ3v) is 8.28. The average molecular weight is 429 g/mol. The summed E-state index contributed by atoms with van der Waals surface area (Å²) in [6.45, 7) is 2.41. The molecule has 8 heteroatoms. The van der Waals surface area contributed by atoms with Gasteiger partial charge in [0.1, 0.15) is 5.75 Å². The highest BCUT2D eigenvalue weighted by Crippen LogP contribution is 2.59. The molecule has 0 bridgehead atoms. The Morgan fingerprint density at radius 2 is 1.93 bits per heavy atom. The fraction of sp³-hybridized carbons (Fsp3) is 0.650. The van der Waals surface area contributed by atoms with Crippen LogP contribution in [0.1, 0.15) is 31.2 Å². The summed E-state index contributed by atoms with van der Waals surface area (Å²) >= 11 is 0. The third kappa shape index (κ3) is 4.31. The van der Waals surface area contributed by atoms with Crippen molar-refractivity contribution in [2.45, 2.75) is 38.3 Å². The Morgan fingerprint density at radius 1 is 1.25 bits per heavy atom. The number of benzene rings is 1. The number of carbonyl (C=O) groups is 1. The first kappa shape index (κ1) is 21.4. The van der Waals surface area contributed by atoms with Crippen LogP contribution in [-0.2, 0) is 21.2 Å². The molecule has 1 amide bonds. The zero-order chi connectivity index (χ0) is 19.1. The van der Waals surface area contributed by atoms with Crippen molar-refractivity contribution in [1.29, 1.82) is 0 Å². The van der Waals surface area contributed by atoms with E-state index in [4.69, 9.17) is 4.74 Å². The average Bonchev–Trinajstić information content (AvgIpc) is 3.23. The van der Waals surface area contributed by atoms with E-state index in [-0.39, 0.29) is 47.2 Å². The number of halogens is 1. The number of amides is 1. The summed E-state index contributed by atoms with van der Waals surface area (Å²) in [5, 5.41) is 3.37. The summed E-state index contributed by atoms with van der Waals surface area (Å²) < 4.78 is 29.3. The van der Waals surface area contributed by atoms with Crippen molar-refractivity contribution in [1.82, 2.24) is 10.2 Å². The molecule has 1 aromatic carbocycles. The van der Waals surface area contributed by atoms with E-state index in [0.29, 0.717) is 13.0 Å². The lowest BCUT2D eigenvalue weighted by Crippen LogP contribution is -2.43. The monoisotopic (exact) mass is 428 g/mol. The van der Waals surface area contributed by atoms with Crippen LogP contribution in [0.15, 0.2) is 24.3 Å². The molecule has 156 valence electrons. The van der Waals surface area contributed by atoms with Crippen LogP contribution in [0.5, 0.6) is 5.75 Å². The molecule has 3 aliphatic rings. The largest absolute Gasteiger partial charge is 0.497 e. The number of nitrogens with zero attached hydrogens (tertiary/aromatic N) is 1. The number of hydrogen-bond acceptors (Lipinski definition) is 5. The van der Waals surface area contributed by atoms with Crippen molar-refractivity contribution in [3.05, 3.63) is 29.8 Å². The van der Waals surface area contributed by atoms with Crippen LogP contribution >= 0.6 is 12.4 Å². The first-order chi connectivity index (χ1) is 12.9. The predicted molar refractivity (Wildman–Crippen MR) is 110 cm³/mol. The van der Waals surface area contributed by atoms with E-state index >= 15 is 0 Å². The third-order valence-electron chi connectivity index (χ3n) is 6.53. The van der Waals surface area contributed by atoms with Crippen LogP contribution in [0.3, 0.4) is 0 Å². The van der Waals surface area contributed by atoms with E-state index in [1.807, 2.05) is 29.2 Å². The minimum Gasteiger partial charge on any atom is -0.497 e. The normalized spacial score (nSPS) is 27.0. The first-order valence-corrected chi connectivity index (χ1v) is 11.6. The van der Waals surface area contributed by atoms with Gasteiger partial charge >= 0.3 is 0 Å². The number of rotatable bonds is 5. The van der Waals surface area contributed by atoms with E-state index in [0.717, 1.165) is 43.7 Å². The molecule has 1 N–H and O–H groups in total. The molecule has 1 saturated carbocycles. The topological polar surface area (TPSA) is 75.7 Å². The number of methoxy groups -OCH3 is 1. The van der Waals surface area contributed by atoms with Gasteiger partial charge in [0.15, 0.2) is 9.84 Å². The van der Waals surface area contributed by atoms with Gasteiger partial charge in [-0.15, -0.1) is 12.4 Å². The molecule has 2 unspecified atom stereocenters. The van der Waals surface area contributed by atoms with E-state index < -0.39 is 9.84 Å². The van der Waals surface area contributed by atoms with Gasteiger partial charge in [-0.3, -0.25) is 4.79 Å². The van der Waals surface area contributed by atoms with Crippen LogP contribution < -0.4 is 10.1 Å². The molecule has 1 aliphatic carbocycles. The lowest BCUT2D eigenvalue weighted by Gasteiger charge is -2.31. The van der Waals surface area contributed by atoms with Crippen molar-refractivity contribution >= 4 is 28.2 Å². The number of nitrogens with one attached hydrogen (secondary N) is 1. The summed E-state index contributed by atoms with van der Waals surface area (Å²) in [4.78, 5) is 15.2. The molecule has 4 rings (SSSR count). The molecular formula is C20H29ClN2O4S. The lowest BCUT2D eigenvalue weighted by molar-refractivity contribution is -0.136. The smallest absolute Gasteiger partial charge is 0.226 e. The number of piperidine rings is 1. The Morgan fingerprint density at radius 3 is 2.50 bits per heavy atom. The SMILES string of the molecule is COc1ccc(CN(C(=O)C2CC23CCNCC3)C2CCS(=O)(=O)C2)cc1.Cl. The van der Waals surface area contributed by atoms with E-state index in [1.165, 1.54) is 0 Å². The number of sulfone groups is 1. The second-order valence-corrected chi connectivity index (χ2v) is 10.5. The molecule has 2 saturated heterocycles. The highest BCUT2D eigenvalue weighted by molar-refractivity contribution is 7.91. The Labute approximate surface area is 173 Å². The predicted octanol–water partition coefficient (Wildman–Crippen LogP) is 2.02. The quantitative estimate of drug-likeness (QED) is 0.776. The molecule has 0 radical (unpaired) electrons. The molecule has 2 atom stereocenters. The van der Waals surface area contributed by atoms with Gasteiger partial charge in [-0.05, 0) is 61.9 Å². The van der Waals surface area contributed by atoms with Crippen molar-refractivity contribution in [3.8, 4) is 5.75 Å². The van der Waals surface area contributed by atoms with Crippen LogP contribution in [0.2, 0.25) is 0 Å². The molecule has 3 fully saturated rings. The van der Waals surface area contributed by atoms with Crippen molar-refractivity contribution in [2.75, 3.05) is 31.7 Å². The summed E-state index contributed by atoms with van der Waals surface area (Å²) in [6, 6.07) is 7.47. The summed E-state index contributed by atoms with van der Waals surface area (Å²) in [7, 11) is -1.41. The van der Waals surface area contributed by atoms with Gasteiger partial charge in [-0.25, -0.2) is 8.42 Å². The Hall–Kier alpha value is -1.31. The Bertz CT molecular complexity index is 806. The van der Waals surface area contributed by atoms with Gasteiger partial charge in [-0.1, -0.05) is 12.1 Å².